The van der Waals surface area contributed by atoms with Crippen LogP contribution in [0.2, 0.25) is 0 Å². The van der Waals surface area contributed by atoms with E-state index in [1.165, 1.54) is 12.8 Å². The number of halogens is 6. The first-order valence-corrected chi connectivity index (χ1v) is 10.5. The number of carbonyl (C=O) groups is 2. The molecule has 6 nitrogen and oxygen atoms in total. The summed E-state index contributed by atoms with van der Waals surface area (Å²) in [6.45, 7) is 3.01. The van der Waals surface area contributed by atoms with Gasteiger partial charge in [-0.25, -0.2) is 4.79 Å². The molecular formula is C19H25F6N3O3. The maximum atomic E-state index is 12.9. The molecular weight excluding hydrogens is 432 g/mol. The van der Waals surface area contributed by atoms with E-state index in [2.05, 4.69) is 9.64 Å². The molecule has 2 saturated heterocycles. The first kappa shape index (κ1) is 22.5. The van der Waals surface area contributed by atoms with Crippen molar-refractivity contribution < 1.29 is 40.7 Å². The highest BCUT2D eigenvalue weighted by Gasteiger charge is 2.62. The molecule has 0 aromatic rings. The van der Waals surface area contributed by atoms with Gasteiger partial charge in [0, 0.05) is 51.2 Å². The summed E-state index contributed by atoms with van der Waals surface area (Å²) >= 11 is 0. The molecule has 2 saturated carbocycles. The van der Waals surface area contributed by atoms with E-state index in [9.17, 15) is 35.9 Å². The van der Waals surface area contributed by atoms with Gasteiger partial charge in [-0.2, -0.15) is 26.3 Å². The summed E-state index contributed by atoms with van der Waals surface area (Å²) in [7, 11) is 0. The number of amides is 2. The van der Waals surface area contributed by atoms with Crippen LogP contribution in [0.1, 0.15) is 32.1 Å². The van der Waals surface area contributed by atoms with Gasteiger partial charge >= 0.3 is 18.4 Å². The summed E-state index contributed by atoms with van der Waals surface area (Å²) in [5.41, 5.74) is -0.311. The van der Waals surface area contributed by atoms with Crippen LogP contribution in [0.5, 0.6) is 0 Å². The summed E-state index contributed by atoms with van der Waals surface area (Å²) in [5, 5.41) is 0. The fourth-order valence-corrected chi connectivity index (χ4v) is 4.85. The lowest BCUT2D eigenvalue weighted by Crippen LogP contribution is -2.51. The van der Waals surface area contributed by atoms with Crippen LogP contribution in [0.4, 0.5) is 31.1 Å². The Labute approximate surface area is 175 Å². The highest BCUT2D eigenvalue weighted by atomic mass is 19.4. The lowest BCUT2D eigenvalue weighted by atomic mass is 9.90. The van der Waals surface area contributed by atoms with Crippen LogP contribution in [-0.2, 0) is 9.53 Å². The number of hydrogen-bond acceptors (Lipinski definition) is 4. The van der Waals surface area contributed by atoms with Crippen LogP contribution in [0.25, 0.3) is 0 Å². The smallest absolute Gasteiger partial charge is 0.426 e. The second-order valence-corrected chi connectivity index (χ2v) is 9.05. The third-order valence-corrected chi connectivity index (χ3v) is 7.01. The zero-order chi connectivity index (χ0) is 22.6. The molecule has 4 fully saturated rings. The molecule has 2 amide bonds. The van der Waals surface area contributed by atoms with Gasteiger partial charge in [0.25, 0.3) is 6.10 Å². The van der Waals surface area contributed by atoms with Gasteiger partial charge in [0.1, 0.15) is 0 Å². The van der Waals surface area contributed by atoms with Crippen molar-refractivity contribution in [3.8, 4) is 0 Å². The van der Waals surface area contributed by atoms with E-state index < -0.39 is 24.5 Å². The van der Waals surface area contributed by atoms with E-state index >= 15 is 0 Å². The zero-order valence-electron chi connectivity index (χ0n) is 16.8. The quantitative estimate of drug-likeness (QED) is 0.612. The summed E-state index contributed by atoms with van der Waals surface area (Å²) in [5.74, 6) is -0.114. The van der Waals surface area contributed by atoms with Gasteiger partial charge in [0.2, 0.25) is 5.91 Å². The summed E-state index contributed by atoms with van der Waals surface area (Å²) < 4.78 is 79.4. The number of carbonyl (C=O) groups excluding carboxylic acids is 2. The van der Waals surface area contributed by atoms with Crippen molar-refractivity contribution in [1.82, 2.24) is 14.7 Å². The van der Waals surface area contributed by atoms with E-state index in [-0.39, 0.29) is 30.3 Å². The predicted octanol–water partition coefficient (Wildman–Crippen LogP) is 3.02. The van der Waals surface area contributed by atoms with Crippen LogP contribution in [0, 0.1) is 11.3 Å². The van der Waals surface area contributed by atoms with Crippen molar-refractivity contribution in [2.45, 2.75) is 56.6 Å². The summed E-state index contributed by atoms with van der Waals surface area (Å²) in [6, 6.07) is 0.655. The Kier molecular flexibility index (Phi) is 5.58. The first-order chi connectivity index (χ1) is 14.4. The minimum Gasteiger partial charge on any atom is -0.426 e. The molecule has 176 valence electrons. The van der Waals surface area contributed by atoms with E-state index in [1.807, 2.05) is 4.90 Å². The lowest BCUT2D eigenvalue weighted by molar-refractivity contribution is -0.308. The largest absolute Gasteiger partial charge is 0.434 e. The number of hydrogen-bond donors (Lipinski definition) is 0. The van der Waals surface area contributed by atoms with Gasteiger partial charge < -0.3 is 14.5 Å². The van der Waals surface area contributed by atoms with E-state index in [1.54, 1.807) is 0 Å². The molecule has 1 unspecified atom stereocenters. The van der Waals surface area contributed by atoms with Gasteiger partial charge in [-0.15, -0.1) is 0 Å². The molecule has 0 radical (unpaired) electrons. The van der Waals surface area contributed by atoms with Crippen LogP contribution in [-0.4, -0.2) is 90.5 Å². The van der Waals surface area contributed by atoms with Crippen molar-refractivity contribution in [3.05, 3.63) is 0 Å². The molecule has 1 spiro atoms. The maximum Gasteiger partial charge on any atom is 0.434 e. The standard InChI is InChI=1S/C19H25F6N3O3/c20-18(21,22)15(19(23,24)25)31-16(30)28-5-3-17(4-6-28)11-13(17)14(29)27-9-7-26(8-10-27)12-1-2-12/h12-13,15H,1-11H2. The number of alkyl halides is 6. The van der Waals surface area contributed by atoms with Crippen molar-refractivity contribution >= 4 is 12.0 Å². The van der Waals surface area contributed by atoms with Crippen LogP contribution >= 0.6 is 0 Å². The number of likely N-dealkylation sites (tertiary alicyclic amines) is 1. The van der Waals surface area contributed by atoms with E-state index in [4.69, 9.17) is 0 Å². The van der Waals surface area contributed by atoms with Crippen molar-refractivity contribution in [2.75, 3.05) is 39.3 Å². The van der Waals surface area contributed by atoms with Gasteiger partial charge in [-0.1, -0.05) is 0 Å². The molecule has 0 aromatic heterocycles. The Bertz CT molecular complexity index is 694. The number of rotatable bonds is 3. The molecule has 0 aromatic carbocycles. The van der Waals surface area contributed by atoms with E-state index in [0.717, 1.165) is 18.0 Å². The molecule has 31 heavy (non-hydrogen) atoms. The second-order valence-electron chi connectivity index (χ2n) is 9.05. The summed E-state index contributed by atoms with van der Waals surface area (Å²) in [4.78, 5) is 29.9. The molecule has 4 aliphatic rings. The molecule has 12 heteroatoms. The maximum absolute atomic E-state index is 12.9. The highest BCUT2D eigenvalue weighted by Crippen LogP contribution is 2.60. The van der Waals surface area contributed by atoms with Crippen molar-refractivity contribution in [1.29, 1.82) is 0 Å². The number of ether oxygens (including phenoxy) is 1. The van der Waals surface area contributed by atoms with E-state index in [0.29, 0.717) is 38.4 Å². The third kappa shape index (κ3) is 4.73. The van der Waals surface area contributed by atoms with Crippen LogP contribution < -0.4 is 0 Å². The topological polar surface area (TPSA) is 53.1 Å². The number of piperidine rings is 1. The minimum absolute atomic E-state index is 0.0273. The average Bonchev–Trinajstić information content (AvgIpc) is 3.61. The van der Waals surface area contributed by atoms with Gasteiger partial charge in [0.15, 0.2) is 0 Å². The van der Waals surface area contributed by atoms with Crippen molar-refractivity contribution in [3.63, 3.8) is 0 Å². The lowest BCUT2D eigenvalue weighted by Gasteiger charge is -2.36. The second kappa shape index (κ2) is 7.70. The molecule has 4 rings (SSSR count). The summed E-state index contributed by atoms with van der Waals surface area (Å²) in [6.07, 6.45) is -13.4. The Balaban J connectivity index is 1.26. The first-order valence-electron chi connectivity index (χ1n) is 10.5. The van der Waals surface area contributed by atoms with Crippen LogP contribution in [0.15, 0.2) is 0 Å². The molecule has 0 N–H and O–H groups in total. The highest BCUT2D eigenvalue weighted by molar-refractivity contribution is 5.83. The predicted molar refractivity (Wildman–Crippen MR) is 94.9 cm³/mol. The fourth-order valence-electron chi connectivity index (χ4n) is 4.85. The Hall–Kier alpha value is -1.72. The SMILES string of the molecule is O=C(OC(C(F)(F)F)C(F)(F)F)N1CCC2(CC1)CC2C(=O)N1CCN(C2CC2)CC1. The molecule has 2 aliphatic carbocycles. The van der Waals surface area contributed by atoms with Crippen molar-refractivity contribution in [2.24, 2.45) is 11.3 Å². The zero-order valence-corrected chi connectivity index (χ0v) is 16.8. The average molecular weight is 457 g/mol. The molecule has 1 atom stereocenters. The number of nitrogens with zero attached hydrogens (tertiary/aromatic N) is 3. The fraction of sp³-hybridized carbons (Fsp3) is 0.895. The van der Waals surface area contributed by atoms with Gasteiger partial charge in [-0.05, 0) is 37.5 Å². The third-order valence-electron chi connectivity index (χ3n) is 7.01. The Morgan fingerprint density at radius 2 is 1.39 bits per heavy atom. The minimum atomic E-state index is -5.73. The van der Waals surface area contributed by atoms with Crippen LogP contribution in [0.3, 0.4) is 0 Å². The normalized spacial score (nSPS) is 27.0. The Morgan fingerprint density at radius 1 is 0.839 bits per heavy atom. The molecule has 2 aliphatic heterocycles. The van der Waals surface area contributed by atoms with Gasteiger partial charge in [0.05, 0.1) is 0 Å². The molecule has 2 heterocycles. The van der Waals surface area contributed by atoms with Gasteiger partial charge in [-0.3, -0.25) is 9.69 Å². The Morgan fingerprint density at radius 3 is 1.87 bits per heavy atom. The monoisotopic (exact) mass is 457 g/mol. The number of piperazine rings is 1. The molecule has 0 bridgehead atoms.